The van der Waals surface area contributed by atoms with Crippen molar-refractivity contribution in [2.75, 3.05) is 39.3 Å². The number of benzene rings is 2. The van der Waals surface area contributed by atoms with Gasteiger partial charge in [-0.3, -0.25) is 9.69 Å². The number of piperazine rings is 1. The Morgan fingerprint density at radius 3 is 2.43 bits per heavy atom. The van der Waals surface area contributed by atoms with Crippen LogP contribution in [0.1, 0.15) is 21.5 Å². The summed E-state index contributed by atoms with van der Waals surface area (Å²) in [6, 6.07) is 16.1. The van der Waals surface area contributed by atoms with Gasteiger partial charge in [-0.2, -0.15) is 5.10 Å². The maximum absolute atomic E-state index is 13.5. The highest BCUT2D eigenvalue weighted by atomic mass is 16.3. The molecule has 1 saturated heterocycles. The number of aromatic nitrogens is 2. The highest BCUT2D eigenvalue weighted by Crippen LogP contribution is 2.28. The van der Waals surface area contributed by atoms with E-state index in [0.29, 0.717) is 25.2 Å². The fourth-order valence-corrected chi connectivity index (χ4v) is 4.01. The van der Waals surface area contributed by atoms with E-state index in [4.69, 9.17) is 10.2 Å². The lowest BCUT2D eigenvalue weighted by Gasteiger charge is -2.34. The number of aryl methyl sites for hydroxylation is 2. The van der Waals surface area contributed by atoms with E-state index in [1.54, 1.807) is 4.68 Å². The van der Waals surface area contributed by atoms with Crippen LogP contribution in [0.15, 0.2) is 54.7 Å². The topological polar surface area (TPSA) is 61.6 Å². The lowest BCUT2D eigenvalue weighted by Crippen LogP contribution is -2.49. The Labute approximate surface area is 177 Å². The first kappa shape index (κ1) is 20.3. The Bertz CT molecular complexity index is 1020. The molecule has 3 aromatic rings. The van der Waals surface area contributed by atoms with Crippen molar-refractivity contribution in [1.29, 1.82) is 0 Å². The van der Waals surface area contributed by atoms with Gasteiger partial charge in [0.25, 0.3) is 5.91 Å². The van der Waals surface area contributed by atoms with Crippen molar-refractivity contribution >= 4 is 5.91 Å². The minimum Gasteiger partial charge on any atom is -0.395 e. The van der Waals surface area contributed by atoms with E-state index >= 15 is 0 Å². The first-order chi connectivity index (χ1) is 14.6. The number of hydrogen-bond acceptors (Lipinski definition) is 4. The van der Waals surface area contributed by atoms with E-state index in [-0.39, 0.29) is 12.5 Å². The molecule has 1 aromatic heterocycles. The van der Waals surface area contributed by atoms with E-state index < -0.39 is 0 Å². The Balaban J connectivity index is 1.70. The summed E-state index contributed by atoms with van der Waals surface area (Å²) in [5.41, 5.74) is 5.55. The van der Waals surface area contributed by atoms with Crippen LogP contribution in [0.2, 0.25) is 0 Å². The van der Waals surface area contributed by atoms with Crippen molar-refractivity contribution in [3.63, 3.8) is 0 Å². The van der Waals surface area contributed by atoms with Crippen molar-refractivity contribution in [3.05, 3.63) is 71.4 Å². The zero-order chi connectivity index (χ0) is 21.1. The number of β-amino-alcohol motifs (C(OH)–C–C–N with tert-alkyl or cyclic N) is 1. The standard InChI is InChI=1S/C24H28N4O2/c1-18-8-9-21(19(2)16-18)23-22(17-28(25-23)20-6-4-3-5-7-20)24(30)27-12-10-26(11-13-27)14-15-29/h3-9,16-17,29H,10-15H2,1-2H3. The molecule has 2 aromatic carbocycles. The van der Waals surface area contributed by atoms with Crippen LogP contribution in [0.4, 0.5) is 0 Å². The van der Waals surface area contributed by atoms with Gasteiger partial charge in [-0.05, 0) is 31.5 Å². The van der Waals surface area contributed by atoms with E-state index in [1.807, 2.05) is 41.4 Å². The molecule has 1 N–H and O–H groups in total. The molecular formula is C24H28N4O2. The second-order valence-corrected chi connectivity index (χ2v) is 7.85. The first-order valence-electron chi connectivity index (χ1n) is 10.4. The van der Waals surface area contributed by atoms with E-state index in [2.05, 4.69) is 36.9 Å². The molecule has 0 saturated carbocycles. The summed E-state index contributed by atoms with van der Waals surface area (Å²) in [6.07, 6.45) is 1.85. The third-order valence-electron chi connectivity index (χ3n) is 5.68. The molecule has 30 heavy (non-hydrogen) atoms. The van der Waals surface area contributed by atoms with Crippen molar-refractivity contribution in [2.45, 2.75) is 13.8 Å². The minimum atomic E-state index is 0.0100. The number of aliphatic hydroxyl groups is 1. The van der Waals surface area contributed by atoms with Crippen LogP contribution in [0, 0.1) is 13.8 Å². The lowest BCUT2D eigenvalue weighted by molar-refractivity contribution is 0.0615. The minimum absolute atomic E-state index is 0.0100. The van der Waals surface area contributed by atoms with Crippen molar-refractivity contribution in [3.8, 4) is 16.9 Å². The molecular weight excluding hydrogens is 376 g/mol. The van der Waals surface area contributed by atoms with Crippen molar-refractivity contribution in [2.24, 2.45) is 0 Å². The van der Waals surface area contributed by atoms with Gasteiger partial charge in [-0.25, -0.2) is 4.68 Å². The van der Waals surface area contributed by atoms with Crippen LogP contribution >= 0.6 is 0 Å². The third-order valence-corrected chi connectivity index (χ3v) is 5.68. The number of nitrogens with zero attached hydrogens (tertiary/aromatic N) is 4. The van der Waals surface area contributed by atoms with E-state index in [0.717, 1.165) is 35.6 Å². The Kier molecular flexibility index (Phi) is 5.97. The average molecular weight is 405 g/mol. The number of carbonyl (C=O) groups is 1. The van der Waals surface area contributed by atoms with Gasteiger partial charge in [-0.15, -0.1) is 0 Å². The summed E-state index contributed by atoms with van der Waals surface area (Å²) in [6.45, 7) is 7.79. The number of para-hydroxylation sites is 1. The van der Waals surface area contributed by atoms with Gasteiger partial charge in [-0.1, -0.05) is 42.0 Å². The predicted octanol–water partition coefficient (Wildman–Crippen LogP) is 2.91. The summed E-state index contributed by atoms with van der Waals surface area (Å²) in [4.78, 5) is 17.6. The normalized spacial score (nSPS) is 14.8. The maximum Gasteiger partial charge on any atom is 0.257 e. The van der Waals surface area contributed by atoms with Gasteiger partial charge in [0.1, 0.15) is 5.69 Å². The van der Waals surface area contributed by atoms with Crippen LogP contribution in [-0.4, -0.2) is 69.9 Å². The quantitative estimate of drug-likeness (QED) is 0.710. The summed E-state index contributed by atoms with van der Waals surface area (Å²) in [5, 5.41) is 14.0. The highest BCUT2D eigenvalue weighted by Gasteiger charge is 2.27. The third kappa shape index (κ3) is 4.15. The van der Waals surface area contributed by atoms with Crippen LogP contribution in [-0.2, 0) is 0 Å². The molecule has 6 heteroatoms. The molecule has 6 nitrogen and oxygen atoms in total. The number of hydrogen-bond donors (Lipinski definition) is 1. The monoisotopic (exact) mass is 404 g/mol. The number of amides is 1. The fraction of sp³-hybridized carbons (Fsp3) is 0.333. The zero-order valence-corrected chi connectivity index (χ0v) is 17.6. The molecule has 0 bridgehead atoms. The molecule has 156 valence electrons. The molecule has 1 fully saturated rings. The van der Waals surface area contributed by atoms with Gasteiger partial charge in [0, 0.05) is 44.5 Å². The lowest BCUT2D eigenvalue weighted by atomic mass is 10.00. The summed E-state index contributed by atoms with van der Waals surface area (Å²) in [5.74, 6) is 0.0100. The predicted molar refractivity (Wildman–Crippen MR) is 118 cm³/mol. The molecule has 0 radical (unpaired) electrons. The molecule has 1 aliphatic rings. The zero-order valence-electron chi connectivity index (χ0n) is 17.6. The van der Waals surface area contributed by atoms with Crippen LogP contribution in [0.5, 0.6) is 0 Å². The first-order valence-corrected chi connectivity index (χ1v) is 10.4. The van der Waals surface area contributed by atoms with Crippen LogP contribution in [0.3, 0.4) is 0 Å². The molecule has 1 aliphatic heterocycles. The average Bonchev–Trinajstić information content (AvgIpc) is 3.20. The Hall–Kier alpha value is -2.96. The SMILES string of the molecule is Cc1ccc(-c2nn(-c3ccccc3)cc2C(=O)N2CCN(CCO)CC2)c(C)c1. The Morgan fingerprint density at radius 2 is 1.77 bits per heavy atom. The maximum atomic E-state index is 13.5. The number of carbonyl (C=O) groups excluding carboxylic acids is 1. The second-order valence-electron chi connectivity index (χ2n) is 7.85. The fourth-order valence-electron chi connectivity index (χ4n) is 4.01. The van der Waals surface area contributed by atoms with Gasteiger partial charge in [0.05, 0.1) is 17.9 Å². The largest absolute Gasteiger partial charge is 0.395 e. The van der Waals surface area contributed by atoms with Crippen molar-refractivity contribution < 1.29 is 9.90 Å². The molecule has 4 rings (SSSR count). The molecule has 2 heterocycles. The number of rotatable bonds is 5. The van der Waals surface area contributed by atoms with E-state index in [9.17, 15) is 4.79 Å². The van der Waals surface area contributed by atoms with Crippen LogP contribution in [0.25, 0.3) is 16.9 Å². The van der Waals surface area contributed by atoms with Gasteiger partial charge in [0.15, 0.2) is 0 Å². The Morgan fingerprint density at radius 1 is 1.03 bits per heavy atom. The smallest absolute Gasteiger partial charge is 0.257 e. The molecule has 1 amide bonds. The summed E-state index contributed by atoms with van der Waals surface area (Å²) < 4.78 is 1.80. The van der Waals surface area contributed by atoms with Crippen LogP contribution < -0.4 is 0 Å². The van der Waals surface area contributed by atoms with Gasteiger partial charge in [0.2, 0.25) is 0 Å². The highest BCUT2D eigenvalue weighted by molar-refractivity contribution is 6.00. The molecule has 0 unspecified atom stereocenters. The van der Waals surface area contributed by atoms with Gasteiger partial charge < -0.3 is 10.0 Å². The summed E-state index contributed by atoms with van der Waals surface area (Å²) in [7, 11) is 0. The molecule has 0 spiro atoms. The molecule has 0 atom stereocenters. The van der Waals surface area contributed by atoms with E-state index in [1.165, 1.54) is 5.56 Å². The van der Waals surface area contributed by atoms with Crippen molar-refractivity contribution in [1.82, 2.24) is 19.6 Å². The summed E-state index contributed by atoms with van der Waals surface area (Å²) >= 11 is 0. The second kappa shape index (κ2) is 8.81. The molecule has 0 aliphatic carbocycles. The number of aliphatic hydroxyl groups excluding tert-OH is 1. The van der Waals surface area contributed by atoms with Gasteiger partial charge >= 0.3 is 0 Å².